The smallest absolute Gasteiger partial charge is 0.217 e. The van der Waals surface area contributed by atoms with Crippen molar-refractivity contribution in [2.24, 2.45) is 17.8 Å². The van der Waals surface area contributed by atoms with Crippen LogP contribution in [0.4, 0.5) is 0 Å². The average Bonchev–Trinajstić information content (AvgIpc) is 1.99. The molecule has 76 valence electrons. The third-order valence-electron chi connectivity index (χ3n) is 3.42. The Bertz CT molecular complexity index is 191. The largest absolute Gasteiger partial charge is 0.353 e. The first-order valence-electron chi connectivity index (χ1n) is 5.27. The maximum absolute atomic E-state index is 10.9. The van der Waals surface area contributed by atoms with Gasteiger partial charge in [-0.2, -0.15) is 0 Å². The predicted octanol–water partition coefficient (Wildman–Crippen LogP) is 2.19. The molecule has 1 rings (SSSR count). The van der Waals surface area contributed by atoms with Crippen molar-refractivity contribution in [3.8, 4) is 0 Å². The summed E-state index contributed by atoms with van der Waals surface area (Å²) in [6.07, 6.45) is 2.38. The number of nitrogens with one attached hydrogen (secondary N) is 1. The minimum atomic E-state index is 0.110. The summed E-state index contributed by atoms with van der Waals surface area (Å²) in [7, 11) is 0. The molecule has 4 atom stereocenters. The Morgan fingerprint density at radius 3 is 2.15 bits per heavy atom. The van der Waals surface area contributed by atoms with Gasteiger partial charge in [0, 0.05) is 13.0 Å². The highest BCUT2D eigenvalue weighted by Crippen LogP contribution is 2.33. The van der Waals surface area contributed by atoms with Crippen LogP contribution in [0.1, 0.15) is 40.5 Å². The number of hydrogen-bond donors (Lipinski definition) is 1. The molecule has 0 heterocycles. The van der Waals surface area contributed by atoms with Crippen LogP contribution in [-0.2, 0) is 4.79 Å². The van der Waals surface area contributed by atoms with E-state index in [1.807, 2.05) is 0 Å². The van der Waals surface area contributed by atoms with Crippen LogP contribution in [-0.4, -0.2) is 11.9 Å². The summed E-state index contributed by atoms with van der Waals surface area (Å²) in [5.41, 5.74) is 0. The third kappa shape index (κ3) is 2.71. The Hall–Kier alpha value is -0.530. The van der Waals surface area contributed by atoms with Gasteiger partial charge in [0.25, 0.3) is 0 Å². The van der Waals surface area contributed by atoms with Crippen molar-refractivity contribution in [2.75, 3.05) is 0 Å². The zero-order valence-electron chi connectivity index (χ0n) is 9.13. The Balaban J connectivity index is 2.51. The first-order chi connectivity index (χ1) is 6.00. The van der Waals surface area contributed by atoms with Crippen LogP contribution in [0.5, 0.6) is 0 Å². The van der Waals surface area contributed by atoms with E-state index in [-0.39, 0.29) is 5.91 Å². The summed E-state index contributed by atoms with van der Waals surface area (Å²) in [6, 6.07) is 0.406. The first kappa shape index (κ1) is 10.6. The third-order valence-corrected chi connectivity index (χ3v) is 3.42. The van der Waals surface area contributed by atoms with Gasteiger partial charge in [-0.05, 0) is 30.6 Å². The van der Waals surface area contributed by atoms with Crippen molar-refractivity contribution in [1.82, 2.24) is 5.32 Å². The lowest BCUT2D eigenvalue weighted by molar-refractivity contribution is -0.120. The quantitative estimate of drug-likeness (QED) is 0.663. The topological polar surface area (TPSA) is 29.1 Å². The summed E-state index contributed by atoms with van der Waals surface area (Å²) in [4.78, 5) is 10.9. The molecule has 1 amide bonds. The van der Waals surface area contributed by atoms with Crippen LogP contribution >= 0.6 is 0 Å². The molecule has 0 spiro atoms. The molecule has 0 aromatic rings. The van der Waals surface area contributed by atoms with Gasteiger partial charge >= 0.3 is 0 Å². The monoisotopic (exact) mass is 183 g/mol. The Morgan fingerprint density at radius 2 is 1.62 bits per heavy atom. The molecule has 0 radical (unpaired) electrons. The van der Waals surface area contributed by atoms with E-state index in [0.29, 0.717) is 12.0 Å². The van der Waals surface area contributed by atoms with Crippen LogP contribution in [0.15, 0.2) is 0 Å². The normalized spacial score (nSPS) is 40.0. The molecule has 1 aliphatic carbocycles. The Labute approximate surface area is 81.1 Å². The van der Waals surface area contributed by atoms with E-state index in [9.17, 15) is 4.79 Å². The minimum Gasteiger partial charge on any atom is -0.353 e. The fourth-order valence-electron chi connectivity index (χ4n) is 2.31. The van der Waals surface area contributed by atoms with E-state index in [1.165, 1.54) is 6.42 Å². The van der Waals surface area contributed by atoms with Gasteiger partial charge in [0.05, 0.1) is 0 Å². The molecule has 1 saturated carbocycles. The predicted molar refractivity (Wildman–Crippen MR) is 54.3 cm³/mol. The summed E-state index contributed by atoms with van der Waals surface area (Å²) >= 11 is 0. The zero-order chi connectivity index (χ0) is 10.0. The lowest BCUT2D eigenvalue weighted by atomic mass is 9.73. The first-order valence-corrected chi connectivity index (χ1v) is 5.27. The number of hydrogen-bond acceptors (Lipinski definition) is 1. The van der Waals surface area contributed by atoms with Crippen molar-refractivity contribution in [3.05, 3.63) is 0 Å². The van der Waals surface area contributed by atoms with Crippen LogP contribution in [0.25, 0.3) is 0 Å². The maximum atomic E-state index is 10.9. The van der Waals surface area contributed by atoms with E-state index in [2.05, 4.69) is 26.1 Å². The Morgan fingerprint density at radius 1 is 1.08 bits per heavy atom. The lowest BCUT2D eigenvalue weighted by Crippen LogP contribution is -2.43. The number of rotatable bonds is 1. The maximum Gasteiger partial charge on any atom is 0.217 e. The second-order valence-electron chi connectivity index (χ2n) is 4.71. The molecule has 4 unspecified atom stereocenters. The van der Waals surface area contributed by atoms with E-state index in [1.54, 1.807) is 6.92 Å². The van der Waals surface area contributed by atoms with Crippen LogP contribution in [0.2, 0.25) is 0 Å². The van der Waals surface area contributed by atoms with Crippen molar-refractivity contribution >= 4 is 5.91 Å². The molecule has 2 heteroatoms. The van der Waals surface area contributed by atoms with E-state index < -0.39 is 0 Å². The molecule has 13 heavy (non-hydrogen) atoms. The highest BCUT2D eigenvalue weighted by molar-refractivity contribution is 5.73. The average molecular weight is 183 g/mol. The molecule has 0 saturated heterocycles. The molecular weight excluding hydrogens is 162 g/mol. The molecule has 0 bridgehead atoms. The fourth-order valence-corrected chi connectivity index (χ4v) is 2.31. The lowest BCUT2D eigenvalue weighted by Gasteiger charge is -2.37. The van der Waals surface area contributed by atoms with Gasteiger partial charge in [0.2, 0.25) is 5.91 Å². The van der Waals surface area contributed by atoms with Gasteiger partial charge in [-0.3, -0.25) is 4.79 Å². The second kappa shape index (κ2) is 4.12. The van der Waals surface area contributed by atoms with E-state index in [0.717, 1.165) is 18.3 Å². The highest BCUT2D eigenvalue weighted by atomic mass is 16.1. The summed E-state index contributed by atoms with van der Waals surface area (Å²) < 4.78 is 0. The van der Waals surface area contributed by atoms with Gasteiger partial charge in [0.15, 0.2) is 0 Å². The molecule has 1 aliphatic rings. The Kier molecular flexibility index (Phi) is 3.34. The van der Waals surface area contributed by atoms with Gasteiger partial charge in [0.1, 0.15) is 0 Å². The van der Waals surface area contributed by atoms with Crippen molar-refractivity contribution < 1.29 is 4.79 Å². The fraction of sp³-hybridized carbons (Fsp3) is 0.909. The van der Waals surface area contributed by atoms with Crippen molar-refractivity contribution in [3.63, 3.8) is 0 Å². The standard InChI is InChI=1S/C11H21NO/c1-7-5-9(3)11(6-8(7)2)12-10(4)13/h7-9,11H,5-6H2,1-4H3,(H,12,13). The molecular formula is C11H21NO. The summed E-state index contributed by atoms with van der Waals surface area (Å²) in [5, 5.41) is 3.04. The number of amides is 1. The van der Waals surface area contributed by atoms with Crippen LogP contribution in [0.3, 0.4) is 0 Å². The van der Waals surface area contributed by atoms with Gasteiger partial charge in [-0.15, -0.1) is 0 Å². The van der Waals surface area contributed by atoms with Gasteiger partial charge in [-0.25, -0.2) is 0 Å². The van der Waals surface area contributed by atoms with Crippen molar-refractivity contribution in [2.45, 2.75) is 46.6 Å². The number of carbonyl (C=O) groups excluding carboxylic acids is 1. The molecule has 1 fully saturated rings. The highest BCUT2D eigenvalue weighted by Gasteiger charge is 2.30. The van der Waals surface area contributed by atoms with Gasteiger partial charge in [-0.1, -0.05) is 20.8 Å². The van der Waals surface area contributed by atoms with Crippen LogP contribution in [0, 0.1) is 17.8 Å². The summed E-state index contributed by atoms with van der Waals surface area (Å²) in [5.74, 6) is 2.29. The molecule has 0 aromatic heterocycles. The minimum absolute atomic E-state index is 0.110. The summed E-state index contributed by atoms with van der Waals surface area (Å²) in [6.45, 7) is 8.44. The van der Waals surface area contributed by atoms with E-state index in [4.69, 9.17) is 0 Å². The van der Waals surface area contributed by atoms with Crippen LogP contribution < -0.4 is 5.32 Å². The van der Waals surface area contributed by atoms with E-state index >= 15 is 0 Å². The number of carbonyl (C=O) groups is 1. The zero-order valence-corrected chi connectivity index (χ0v) is 9.13. The molecule has 2 nitrogen and oxygen atoms in total. The molecule has 0 aromatic carbocycles. The SMILES string of the molecule is CC(=O)NC1CC(C)C(C)CC1C. The second-order valence-corrected chi connectivity index (χ2v) is 4.71. The van der Waals surface area contributed by atoms with Gasteiger partial charge < -0.3 is 5.32 Å². The molecule has 0 aliphatic heterocycles. The molecule has 1 N–H and O–H groups in total. The van der Waals surface area contributed by atoms with Crippen molar-refractivity contribution in [1.29, 1.82) is 0 Å².